The van der Waals surface area contributed by atoms with Crippen molar-refractivity contribution in [3.8, 4) is 5.75 Å². The lowest BCUT2D eigenvalue weighted by atomic mass is 9.96. The van der Waals surface area contributed by atoms with E-state index in [-0.39, 0.29) is 5.92 Å². The third-order valence-electron chi connectivity index (χ3n) is 3.70. The molecule has 1 unspecified atom stereocenters. The van der Waals surface area contributed by atoms with Crippen LogP contribution in [0.25, 0.3) is 0 Å². The van der Waals surface area contributed by atoms with Gasteiger partial charge in [0.05, 0.1) is 7.11 Å². The fourth-order valence-corrected chi connectivity index (χ4v) is 2.89. The van der Waals surface area contributed by atoms with Crippen LogP contribution in [0.2, 0.25) is 0 Å². The van der Waals surface area contributed by atoms with Gasteiger partial charge < -0.3 is 19.0 Å². The Hall–Kier alpha value is -1.39. The molecule has 0 bridgehead atoms. The molecule has 18 heavy (non-hydrogen) atoms. The van der Waals surface area contributed by atoms with Crippen molar-refractivity contribution in [2.75, 3.05) is 21.3 Å². The maximum Gasteiger partial charge on any atom is 0.198 e. The Morgan fingerprint density at radius 3 is 2.61 bits per heavy atom. The van der Waals surface area contributed by atoms with E-state index in [1.807, 2.05) is 18.2 Å². The summed E-state index contributed by atoms with van der Waals surface area (Å²) >= 11 is 0. The zero-order chi connectivity index (χ0) is 13.2. The quantitative estimate of drug-likeness (QED) is 0.591. The lowest BCUT2D eigenvalue weighted by molar-refractivity contribution is -0.242. The third kappa shape index (κ3) is 1.72. The highest BCUT2D eigenvalue weighted by atomic mass is 16.7. The van der Waals surface area contributed by atoms with Crippen molar-refractivity contribution in [2.45, 2.75) is 18.6 Å². The Balaban J connectivity index is 2.54. The van der Waals surface area contributed by atoms with Crippen LogP contribution in [0.15, 0.2) is 18.2 Å². The molecule has 0 aromatic heterocycles. The highest BCUT2D eigenvalue weighted by Crippen LogP contribution is 2.48. The monoisotopic (exact) mass is 250 g/mol. The first-order chi connectivity index (χ1) is 8.73. The largest absolute Gasteiger partial charge is 0.496 e. The number of carbonyl (C=O) groups is 1. The Kier molecular flexibility index (Phi) is 3.68. The molecule has 2 rings (SSSR count). The van der Waals surface area contributed by atoms with Crippen molar-refractivity contribution < 1.29 is 19.0 Å². The van der Waals surface area contributed by atoms with Gasteiger partial charge in [0.2, 0.25) is 0 Å². The first-order valence-electron chi connectivity index (χ1n) is 5.93. The average Bonchev–Trinajstić information content (AvgIpc) is 2.73. The van der Waals surface area contributed by atoms with Gasteiger partial charge in [0.1, 0.15) is 12.0 Å². The predicted octanol–water partition coefficient (Wildman–Crippen LogP) is 1.90. The second-order valence-electron chi connectivity index (χ2n) is 4.37. The van der Waals surface area contributed by atoms with E-state index in [1.54, 1.807) is 21.3 Å². The van der Waals surface area contributed by atoms with Crippen LogP contribution in [0.5, 0.6) is 5.75 Å². The van der Waals surface area contributed by atoms with E-state index in [0.717, 1.165) is 29.6 Å². The molecule has 0 N–H and O–H groups in total. The standard InChI is InChI=1S/C14H18O4/c1-16-13-6-4-5-12-11(13)9-10(7-8-15)14(12,17-2)18-3/h4-6,8,10H,7,9H2,1-3H3. The van der Waals surface area contributed by atoms with Gasteiger partial charge in [-0.15, -0.1) is 0 Å². The summed E-state index contributed by atoms with van der Waals surface area (Å²) in [6.07, 6.45) is 2.04. The molecular formula is C14H18O4. The highest BCUT2D eigenvalue weighted by molar-refractivity contribution is 5.54. The number of ether oxygens (including phenoxy) is 3. The summed E-state index contributed by atoms with van der Waals surface area (Å²) < 4.78 is 16.6. The van der Waals surface area contributed by atoms with Crippen LogP contribution in [0, 0.1) is 5.92 Å². The van der Waals surface area contributed by atoms with Crippen molar-refractivity contribution in [1.29, 1.82) is 0 Å². The molecule has 0 saturated carbocycles. The van der Waals surface area contributed by atoms with Gasteiger partial charge >= 0.3 is 0 Å². The van der Waals surface area contributed by atoms with Gasteiger partial charge in [0.15, 0.2) is 5.79 Å². The molecule has 4 heteroatoms. The molecule has 0 heterocycles. The molecule has 1 aliphatic rings. The molecule has 1 atom stereocenters. The number of fused-ring (bicyclic) bond motifs is 1. The van der Waals surface area contributed by atoms with Crippen molar-refractivity contribution in [2.24, 2.45) is 5.92 Å². The number of rotatable bonds is 5. The zero-order valence-corrected chi connectivity index (χ0v) is 10.9. The summed E-state index contributed by atoms with van der Waals surface area (Å²) in [6.45, 7) is 0. The van der Waals surface area contributed by atoms with Gasteiger partial charge in [-0.3, -0.25) is 0 Å². The third-order valence-corrected chi connectivity index (χ3v) is 3.70. The fraction of sp³-hybridized carbons (Fsp3) is 0.500. The number of hydrogen-bond donors (Lipinski definition) is 0. The molecule has 4 nitrogen and oxygen atoms in total. The minimum Gasteiger partial charge on any atom is -0.496 e. The number of hydrogen-bond acceptors (Lipinski definition) is 4. The van der Waals surface area contributed by atoms with Crippen molar-refractivity contribution in [3.63, 3.8) is 0 Å². The minimum atomic E-state index is -0.842. The van der Waals surface area contributed by atoms with Crippen molar-refractivity contribution in [3.05, 3.63) is 29.3 Å². The van der Waals surface area contributed by atoms with Gasteiger partial charge in [0, 0.05) is 37.7 Å². The molecule has 0 saturated heterocycles. The molecular weight excluding hydrogens is 232 g/mol. The molecule has 1 aliphatic carbocycles. The first-order valence-corrected chi connectivity index (χ1v) is 5.93. The van der Waals surface area contributed by atoms with Gasteiger partial charge in [-0.1, -0.05) is 12.1 Å². The number of methoxy groups -OCH3 is 3. The maximum absolute atomic E-state index is 10.8. The van der Waals surface area contributed by atoms with E-state index in [1.165, 1.54) is 0 Å². The predicted molar refractivity (Wildman–Crippen MR) is 66.6 cm³/mol. The Bertz CT molecular complexity index is 437. The van der Waals surface area contributed by atoms with Gasteiger partial charge in [0.25, 0.3) is 0 Å². The smallest absolute Gasteiger partial charge is 0.198 e. The van der Waals surface area contributed by atoms with E-state index < -0.39 is 5.79 Å². The SMILES string of the molecule is COc1cccc2c1CC(CC=O)C2(OC)OC. The molecule has 1 aromatic carbocycles. The Morgan fingerprint density at radius 2 is 2.06 bits per heavy atom. The van der Waals surface area contributed by atoms with E-state index in [0.29, 0.717) is 6.42 Å². The lowest BCUT2D eigenvalue weighted by Crippen LogP contribution is -2.36. The van der Waals surface area contributed by atoms with Crippen molar-refractivity contribution in [1.82, 2.24) is 0 Å². The maximum atomic E-state index is 10.8. The second kappa shape index (κ2) is 5.08. The van der Waals surface area contributed by atoms with Crippen LogP contribution >= 0.6 is 0 Å². The van der Waals surface area contributed by atoms with Crippen LogP contribution in [0.1, 0.15) is 17.5 Å². The number of benzene rings is 1. The zero-order valence-electron chi connectivity index (χ0n) is 10.9. The molecule has 98 valence electrons. The second-order valence-corrected chi connectivity index (χ2v) is 4.37. The minimum absolute atomic E-state index is 0.0173. The summed E-state index contributed by atoms with van der Waals surface area (Å²) in [6, 6.07) is 5.79. The highest BCUT2D eigenvalue weighted by Gasteiger charge is 2.48. The molecule has 0 radical (unpaired) electrons. The summed E-state index contributed by atoms with van der Waals surface area (Å²) in [5.74, 6) is -0.0409. The topological polar surface area (TPSA) is 44.8 Å². The van der Waals surface area contributed by atoms with Gasteiger partial charge in [-0.05, 0) is 12.5 Å². The van der Waals surface area contributed by atoms with E-state index in [9.17, 15) is 4.79 Å². The Morgan fingerprint density at radius 1 is 1.33 bits per heavy atom. The number of carbonyl (C=O) groups excluding carboxylic acids is 1. The van der Waals surface area contributed by atoms with Crippen LogP contribution in [-0.4, -0.2) is 27.6 Å². The Labute approximate surface area is 107 Å². The van der Waals surface area contributed by atoms with Crippen LogP contribution < -0.4 is 4.74 Å². The first kappa shape index (κ1) is 13.1. The lowest BCUT2D eigenvalue weighted by Gasteiger charge is -2.32. The summed E-state index contributed by atoms with van der Waals surface area (Å²) in [5, 5.41) is 0. The van der Waals surface area contributed by atoms with Crippen LogP contribution in [0.3, 0.4) is 0 Å². The van der Waals surface area contributed by atoms with E-state index in [2.05, 4.69) is 0 Å². The molecule has 0 spiro atoms. The van der Waals surface area contributed by atoms with Crippen LogP contribution in [-0.2, 0) is 26.5 Å². The van der Waals surface area contributed by atoms with Gasteiger partial charge in [-0.25, -0.2) is 0 Å². The van der Waals surface area contributed by atoms with Crippen molar-refractivity contribution >= 4 is 6.29 Å². The molecule has 0 amide bonds. The summed E-state index contributed by atoms with van der Waals surface area (Å²) in [5.41, 5.74) is 2.02. The normalized spacial score (nSPS) is 20.5. The summed E-state index contributed by atoms with van der Waals surface area (Å²) in [7, 11) is 4.86. The van der Waals surface area contributed by atoms with E-state index >= 15 is 0 Å². The molecule has 1 aromatic rings. The average molecular weight is 250 g/mol. The van der Waals surface area contributed by atoms with E-state index in [4.69, 9.17) is 14.2 Å². The number of aldehydes is 1. The fourth-order valence-electron chi connectivity index (χ4n) is 2.89. The molecule has 0 fully saturated rings. The van der Waals surface area contributed by atoms with Gasteiger partial charge in [-0.2, -0.15) is 0 Å². The molecule has 0 aliphatic heterocycles. The summed E-state index contributed by atoms with van der Waals surface area (Å²) in [4.78, 5) is 10.8. The van der Waals surface area contributed by atoms with Crippen LogP contribution in [0.4, 0.5) is 0 Å².